The molecular formula is C13H17N5O. The first-order chi connectivity index (χ1) is 9.33. The number of hydrogen-bond donors (Lipinski definition) is 2. The van der Waals surface area contributed by atoms with Gasteiger partial charge in [-0.2, -0.15) is 5.10 Å². The van der Waals surface area contributed by atoms with Gasteiger partial charge in [0, 0.05) is 30.8 Å². The van der Waals surface area contributed by atoms with E-state index in [2.05, 4.69) is 15.4 Å². The highest BCUT2D eigenvalue weighted by Crippen LogP contribution is 2.38. The van der Waals surface area contributed by atoms with Gasteiger partial charge in [-0.3, -0.25) is 0 Å². The van der Waals surface area contributed by atoms with Crippen LogP contribution in [0.2, 0.25) is 0 Å². The number of anilines is 1. The molecule has 0 radical (unpaired) electrons. The fourth-order valence-corrected chi connectivity index (χ4v) is 3.19. The van der Waals surface area contributed by atoms with E-state index in [1.165, 1.54) is 6.42 Å². The average Bonchev–Trinajstić information content (AvgIpc) is 2.92. The van der Waals surface area contributed by atoms with Crippen molar-refractivity contribution in [3.63, 3.8) is 0 Å². The molecule has 0 spiro atoms. The van der Waals surface area contributed by atoms with E-state index >= 15 is 0 Å². The summed E-state index contributed by atoms with van der Waals surface area (Å²) in [7, 11) is 0. The minimum absolute atomic E-state index is 0.160. The highest BCUT2D eigenvalue weighted by molar-refractivity contribution is 5.47. The number of ether oxygens (including phenoxy) is 1. The van der Waals surface area contributed by atoms with E-state index in [0.717, 1.165) is 24.5 Å². The molecule has 19 heavy (non-hydrogen) atoms. The lowest BCUT2D eigenvalue weighted by Crippen LogP contribution is -2.69. The van der Waals surface area contributed by atoms with Gasteiger partial charge in [-0.15, -0.1) is 0 Å². The van der Waals surface area contributed by atoms with Crippen LogP contribution in [0.3, 0.4) is 0 Å². The lowest BCUT2D eigenvalue weighted by molar-refractivity contribution is -0.104. The second kappa shape index (κ2) is 4.18. The fraction of sp³-hybridized carbons (Fsp3) is 0.538. The summed E-state index contributed by atoms with van der Waals surface area (Å²) in [6.45, 7) is 0.848. The van der Waals surface area contributed by atoms with Crippen LogP contribution >= 0.6 is 0 Å². The van der Waals surface area contributed by atoms with Crippen LogP contribution in [0.25, 0.3) is 5.65 Å². The third-order valence-electron chi connectivity index (χ3n) is 4.25. The molecule has 1 aliphatic heterocycles. The molecule has 3 heterocycles. The van der Waals surface area contributed by atoms with Gasteiger partial charge in [0.25, 0.3) is 0 Å². The maximum atomic E-state index is 6.23. The molecule has 0 aromatic carbocycles. The summed E-state index contributed by atoms with van der Waals surface area (Å²) in [5.41, 5.74) is 7.06. The third-order valence-corrected chi connectivity index (χ3v) is 4.25. The molecule has 1 saturated heterocycles. The van der Waals surface area contributed by atoms with Crippen LogP contribution in [0, 0.1) is 5.92 Å². The van der Waals surface area contributed by atoms with Crippen LogP contribution in [0.5, 0.6) is 0 Å². The Morgan fingerprint density at radius 2 is 2.37 bits per heavy atom. The standard InChI is InChI=1S/C13H17N5O/c14-11-8-2-1-7-19-13(8)12(11)17-9-4-6-18-10(16-9)3-5-15-18/h3-6,8,11-13H,1-2,7,14H2,(H,16,17). The second-order valence-electron chi connectivity index (χ2n) is 5.34. The molecule has 4 atom stereocenters. The van der Waals surface area contributed by atoms with Gasteiger partial charge in [-0.05, 0) is 18.9 Å². The highest BCUT2D eigenvalue weighted by Gasteiger charge is 2.50. The van der Waals surface area contributed by atoms with Crippen molar-refractivity contribution in [1.29, 1.82) is 0 Å². The molecule has 4 unspecified atom stereocenters. The van der Waals surface area contributed by atoms with E-state index < -0.39 is 0 Å². The predicted octanol–water partition coefficient (Wildman–Crippen LogP) is 0.646. The van der Waals surface area contributed by atoms with E-state index in [1.807, 2.05) is 18.3 Å². The second-order valence-corrected chi connectivity index (χ2v) is 5.34. The first kappa shape index (κ1) is 11.2. The maximum absolute atomic E-state index is 6.23. The van der Waals surface area contributed by atoms with Crippen LogP contribution in [0.4, 0.5) is 5.82 Å². The van der Waals surface area contributed by atoms with Gasteiger partial charge >= 0.3 is 0 Å². The fourth-order valence-electron chi connectivity index (χ4n) is 3.19. The number of hydrogen-bond acceptors (Lipinski definition) is 5. The molecule has 100 valence electrons. The Hall–Kier alpha value is -1.66. The van der Waals surface area contributed by atoms with E-state index in [9.17, 15) is 0 Å². The van der Waals surface area contributed by atoms with Gasteiger partial charge in [0.05, 0.1) is 18.3 Å². The van der Waals surface area contributed by atoms with Crippen molar-refractivity contribution < 1.29 is 4.74 Å². The van der Waals surface area contributed by atoms with Crippen LogP contribution in [0.15, 0.2) is 24.5 Å². The minimum atomic E-state index is 0.160. The third kappa shape index (κ3) is 1.71. The number of nitrogens with two attached hydrogens (primary N) is 1. The Bertz CT molecular complexity index is 597. The van der Waals surface area contributed by atoms with Crippen molar-refractivity contribution in [2.24, 2.45) is 11.7 Å². The summed E-state index contributed by atoms with van der Waals surface area (Å²) in [6.07, 6.45) is 6.18. The zero-order chi connectivity index (χ0) is 12.8. The largest absolute Gasteiger partial charge is 0.376 e. The van der Waals surface area contributed by atoms with Crippen molar-refractivity contribution in [2.45, 2.75) is 31.0 Å². The summed E-state index contributed by atoms with van der Waals surface area (Å²) in [4.78, 5) is 4.51. The van der Waals surface area contributed by atoms with Gasteiger partial charge in [-0.25, -0.2) is 9.50 Å². The average molecular weight is 259 g/mol. The number of fused-ring (bicyclic) bond motifs is 2. The van der Waals surface area contributed by atoms with Crippen LogP contribution in [-0.2, 0) is 4.74 Å². The zero-order valence-electron chi connectivity index (χ0n) is 10.6. The molecule has 6 nitrogen and oxygen atoms in total. The zero-order valence-corrected chi connectivity index (χ0v) is 10.6. The van der Waals surface area contributed by atoms with E-state index in [1.54, 1.807) is 10.7 Å². The quantitative estimate of drug-likeness (QED) is 0.828. The molecule has 0 bridgehead atoms. The van der Waals surface area contributed by atoms with Gasteiger partial charge in [0.2, 0.25) is 0 Å². The van der Waals surface area contributed by atoms with Crippen molar-refractivity contribution >= 4 is 11.5 Å². The number of rotatable bonds is 2. The monoisotopic (exact) mass is 259 g/mol. The number of nitrogens with one attached hydrogen (secondary N) is 1. The molecule has 2 aromatic rings. The molecule has 6 heteroatoms. The predicted molar refractivity (Wildman–Crippen MR) is 70.8 cm³/mol. The molecule has 1 aliphatic carbocycles. The molecule has 2 aliphatic rings. The van der Waals surface area contributed by atoms with Crippen LogP contribution < -0.4 is 11.1 Å². The maximum Gasteiger partial charge on any atom is 0.157 e. The summed E-state index contributed by atoms with van der Waals surface area (Å²) >= 11 is 0. The van der Waals surface area contributed by atoms with E-state index in [0.29, 0.717) is 5.92 Å². The number of aromatic nitrogens is 3. The van der Waals surface area contributed by atoms with Gasteiger partial charge < -0.3 is 15.8 Å². The van der Waals surface area contributed by atoms with Gasteiger partial charge in [-0.1, -0.05) is 0 Å². The van der Waals surface area contributed by atoms with Gasteiger partial charge in [0.15, 0.2) is 5.65 Å². The molecule has 0 amide bonds. The molecule has 2 aromatic heterocycles. The topological polar surface area (TPSA) is 77.5 Å². The Morgan fingerprint density at radius 3 is 3.32 bits per heavy atom. The Labute approximate surface area is 111 Å². The molecule has 4 rings (SSSR count). The lowest BCUT2D eigenvalue weighted by Gasteiger charge is -2.52. The molecule has 3 N–H and O–H groups in total. The summed E-state index contributed by atoms with van der Waals surface area (Å²) < 4.78 is 7.56. The van der Waals surface area contributed by atoms with E-state index in [-0.39, 0.29) is 18.2 Å². The smallest absolute Gasteiger partial charge is 0.157 e. The van der Waals surface area contributed by atoms with Gasteiger partial charge in [0.1, 0.15) is 5.82 Å². The molecule has 1 saturated carbocycles. The SMILES string of the molecule is NC1C2CCCOC2C1Nc1ccn2nccc2n1. The van der Waals surface area contributed by atoms with Crippen molar-refractivity contribution in [3.8, 4) is 0 Å². The first-order valence-corrected chi connectivity index (χ1v) is 6.77. The first-order valence-electron chi connectivity index (χ1n) is 6.77. The number of nitrogens with zero attached hydrogens (tertiary/aromatic N) is 3. The minimum Gasteiger partial charge on any atom is -0.376 e. The van der Waals surface area contributed by atoms with Crippen molar-refractivity contribution in [2.75, 3.05) is 11.9 Å². The molecular weight excluding hydrogens is 242 g/mol. The Morgan fingerprint density at radius 1 is 1.42 bits per heavy atom. The lowest BCUT2D eigenvalue weighted by atomic mass is 9.68. The normalized spacial score (nSPS) is 33.7. The highest BCUT2D eigenvalue weighted by atomic mass is 16.5. The van der Waals surface area contributed by atoms with E-state index in [4.69, 9.17) is 10.5 Å². The van der Waals surface area contributed by atoms with Crippen molar-refractivity contribution in [3.05, 3.63) is 24.5 Å². The Balaban J connectivity index is 1.54. The van der Waals surface area contributed by atoms with Crippen LogP contribution in [0.1, 0.15) is 12.8 Å². The summed E-state index contributed by atoms with van der Waals surface area (Å²) in [5.74, 6) is 1.34. The molecule has 2 fully saturated rings. The summed E-state index contributed by atoms with van der Waals surface area (Å²) in [5, 5.41) is 7.54. The Kier molecular flexibility index (Phi) is 2.46. The summed E-state index contributed by atoms with van der Waals surface area (Å²) in [6, 6.07) is 4.13. The van der Waals surface area contributed by atoms with Crippen LogP contribution in [-0.4, -0.2) is 39.4 Å². The van der Waals surface area contributed by atoms with Crippen molar-refractivity contribution in [1.82, 2.24) is 14.6 Å².